The van der Waals surface area contributed by atoms with Crippen LogP contribution in [0.5, 0.6) is 0 Å². The maximum Gasteiger partial charge on any atom is 0.202 e. The average Bonchev–Trinajstić information content (AvgIpc) is 2.56. The first kappa shape index (κ1) is 18.3. The molecule has 1 aromatic rings. The van der Waals surface area contributed by atoms with Gasteiger partial charge < -0.3 is 10.6 Å². The van der Waals surface area contributed by atoms with Crippen molar-refractivity contribution >= 4 is 11.6 Å². The standard InChI is InChI=1S/C17H23F3N4/c1-4-7-11-10-17(5-2,21-6-3)24-16(22-11)23-13-9-8-12(18)14(19)15(13)20/h8-10,21H,4-7H2,1-3H3,(H2,22,23,24). The minimum atomic E-state index is -1.51. The molecule has 1 heterocycles. The van der Waals surface area contributed by atoms with Crippen LogP contribution in [0.25, 0.3) is 0 Å². The molecule has 1 aromatic carbocycles. The second-order valence-electron chi connectivity index (χ2n) is 5.66. The van der Waals surface area contributed by atoms with Gasteiger partial charge in [-0.1, -0.05) is 27.2 Å². The Bertz CT molecular complexity index is 657. The topological polar surface area (TPSA) is 48.5 Å². The van der Waals surface area contributed by atoms with Crippen molar-refractivity contribution < 1.29 is 13.2 Å². The van der Waals surface area contributed by atoms with Gasteiger partial charge in [0.2, 0.25) is 5.96 Å². The first-order chi connectivity index (χ1) is 11.4. The van der Waals surface area contributed by atoms with Crippen LogP contribution in [0.1, 0.15) is 40.0 Å². The van der Waals surface area contributed by atoms with Gasteiger partial charge in [-0.25, -0.2) is 18.2 Å². The van der Waals surface area contributed by atoms with E-state index in [-0.39, 0.29) is 5.69 Å². The largest absolute Gasteiger partial charge is 0.330 e. The minimum absolute atomic E-state index is 0.167. The van der Waals surface area contributed by atoms with Gasteiger partial charge in [-0.05, 0) is 37.6 Å². The summed E-state index contributed by atoms with van der Waals surface area (Å²) in [5.74, 6) is -3.70. The number of aliphatic imine (C=N–C) groups is 1. The molecule has 0 fully saturated rings. The van der Waals surface area contributed by atoms with E-state index in [1.54, 1.807) is 0 Å². The summed E-state index contributed by atoms with van der Waals surface area (Å²) in [4.78, 5) is 4.57. The zero-order valence-corrected chi connectivity index (χ0v) is 14.1. The number of anilines is 1. The highest BCUT2D eigenvalue weighted by Gasteiger charge is 2.29. The number of allylic oxidation sites excluding steroid dienone is 1. The zero-order valence-electron chi connectivity index (χ0n) is 14.1. The fraction of sp³-hybridized carbons (Fsp3) is 0.471. The molecule has 4 nitrogen and oxygen atoms in total. The summed E-state index contributed by atoms with van der Waals surface area (Å²) >= 11 is 0. The first-order valence-corrected chi connectivity index (χ1v) is 8.18. The Labute approximate surface area is 140 Å². The molecule has 1 aliphatic rings. The Morgan fingerprint density at radius 2 is 1.88 bits per heavy atom. The summed E-state index contributed by atoms with van der Waals surface area (Å²) in [5, 5.41) is 9.13. The Morgan fingerprint density at radius 3 is 2.50 bits per heavy atom. The van der Waals surface area contributed by atoms with Crippen molar-refractivity contribution in [3.05, 3.63) is 41.4 Å². The van der Waals surface area contributed by atoms with E-state index in [4.69, 9.17) is 0 Å². The van der Waals surface area contributed by atoms with E-state index >= 15 is 0 Å². The lowest BCUT2D eigenvalue weighted by atomic mass is 10.0. The maximum absolute atomic E-state index is 13.9. The monoisotopic (exact) mass is 340 g/mol. The van der Waals surface area contributed by atoms with Crippen molar-refractivity contribution in [2.45, 2.75) is 45.7 Å². The van der Waals surface area contributed by atoms with Crippen molar-refractivity contribution in [1.82, 2.24) is 10.6 Å². The highest BCUT2D eigenvalue weighted by molar-refractivity contribution is 5.95. The lowest BCUT2D eigenvalue weighted by molar-refractivity contribution is 0.405. The van der Waals surface area contributed by atoms with Gasteiger partial charge in [0, 0.05) is 5.70 Å². The van der Waals surface area contributed by atoms with Gasteiger partial charge in [0.25, 0.3) is 0 Å². The summed E-state index contributed by atoms with van der Waals surface area (Å²) in [5.41, 5.74) is 0.169. The van der Waals surface area contributed by atoms with Crippen molar-refractivity contribution in [3.8, 4) is 0 Å². The van der Waals surface area contributed by atoms with Crippen molar-refractivity contribution in [2.75, 3.05) is 11.9 Å². The van der Waals surface area contributed by atoms with Crippen LogP contribution in [0.2, 0.25) is 0 Å². The summed E-state index contributed by atoms with van der Waals surface area (Å²) < 4.78 is 40.4. The fourth-order valence-electron chi connectivity index (χ4n) is 2.65. The molecule has 1 aliphatic heterocycles. The summed E-state index contributed by atoms with van der Waals surface area (Å²) in [6.45, 7) is 6.73. The molecular weight excluding hydrogens is 317 g/mol. The molecule has 0 amide bonds. The summed E-state index contributed by atoms with van der Waals surface area (Å²) in [6.07, 6.45) is 4.44. The second-order valence-corrected chi connectivity index (χ2v) is 5.66. The number of likely N-dealkylation sites (N-methyl/N-ethyl adjacent to an activating group) is 1. The van der Waals surface area contributed by atoms with E-state index in [2.05, 4.69) is 27.9 Å². The van der Waals surface area contributed by atoms with Gasteiger partial charge in [0.15, 0.2) is 17.5 Å². The molecule has 0 aliphatic carbocycles. The van der Waals surface area contributed by atoms with Crippen LogP contribution < -0.4 is 16.0 Å². The molecular formula is C17H23F3N4. The van der Waals surface area contributed by atoms with E-state index in [1.807, 2.05) is 19.9 Å². The highest BCUT2D eigenvalue weighted by atomic mass is 19.2. The number of hydrogen-bond acceptors (Lipinski definition) is 4. The van der Waals surface area contributed by atoms with Crippen LogP contribution in [-0.2, 0) is 0 Å². The predicted molar refractivity (Wildman–Crippen MR) is 90.2 cm³/mol. The second kappa shape index (κ2) is 7.70. The van der Waals surface area contributed by atoms with Gasteiger partial charge >= 0.3 is 0 Å². The maximum atomic E-state index is 13.9. The molecule has 0 spiro atoms. The third kappa shape index (κ3) is 3.90. The van der Waals surface area contributed by atoms with Crippen LogP contribution in [0.4, 0.5) is 18.9 Å². The molecule has 0 bridgehead atoms. The van der Waals surface area contributed by atoms with Crippen molar-refractivity contribution in [2.24, 2.45) is 4.99 Å². The molecule has 132 valence electrons. The quantitative estimate of drug-likeness (QED) is 0.689. The van der Waals surface area contributed by atoms with Gasteiger partial charge in [0.1, 0.15) is 5.66 Å². The third-order valence-electron chi connectivity index (χ3n) is 3.83. The number of halogens is 3. The fourth-order valence-corrected chi connectivity index (χ4v) is 2.65. The van der Waals surface area contributed by atoms with Gasteiger partial charge in [-0.2, -0.15) is 0 Å². The number of benzene rings is 1. The molecule has 0 saturated heterocycles. The lowest BCUT2D eigenvalue weighted by Crippen LogP contribution is -2.49. The van der Waals surface area contributed by atoms with E-state index in [0.29, 0.717) is 18.9 Å². The number of rotatable bonds is 6. The third-order valence-corrected chi connectivity index (χ3v) is 3.83. The predicted octanol–water partition coefficient (Wildman–Crippen LogP) is 3.87. The Balaban J connectivity index is 2.33. The molecule has 2 rings (SSSR count). The Kier molecular flexibility index (Phi) is 5.88. The first-order valence-electron chi connectivity index (χ1n) is 8.18. The molecule has 1 unspecified atom stereocenters. The lowest BCUT2D eigenvalue weighted by Gasteiger charge is -2.33. The average molecular weight is 340 g/mol. The molecule has 3 N–H and O–H groups in total. The van der Waals surface area contributed by atoms with Crippen LogP contribution in [-0.4, -0.2) is 18.2 Å². The minimum Gasteiger partial charge on any atom is -0.330 e. The highest BCUT2D eigenvalue weighted by Crippen LogP contribution is 2.24. The molecule has 24 heavy (non-hydrogen) atoms. The van der Waals surface area contributed by atoms with Crippen LogP contribution in [0.15, 0.2) is 28.9 Å². The van der Waals surface area contributed by atoms with Gasteiger partial charge in [-0.3, -0.25) is 5.32 Å². The van der Waals surface area contributed by atoms with Crippen LogP contribution in [0.3, 0.4) is 0 Å². The Morgan fingerprint density at radius 1 is 1.12 bits per heavy atom. The smallest absolute Gasteiger partial charge is 0.202 e. The van der Waals surface area contributed by atoms with Crippen molar-refractivity contribution in [1.29, 1.82) is 0 Å². The Hall–Kier alpha value is -2.02. The molecule has 0 aromatic heterocycles. The summed E-state index contributed by atoms with van der Waals surface area (Å²) in [7, 11) is 0. The molecule has 1 atom stereocenters. The van der Waals surface area contributed by atoms with E-state index in [9.17, 15) is 13.2 Å². The molecule has 7 heteroatoms. The number of guanidine groups is 1. The molecule has 0 radical (unpaired) electrons. The van der Waals surface area contributed by atoms with E-state index in [1.165, 1.54) is 0 Å². The van der Waals surface area contributed by atoms with Crippen molar-refractivity contribution in [3.63, 3.8) is 0 Å². The van der Waals surface area contributed by atoms with Gasteiger partial charge in [0.05, 0.1) is 5.69 Å². The number of nitrogens with one attached hydrogen (secondary N) is 3. The SMILES string of the molecule is CCCC1=CC(CC)(NCC)N=C(Nc2ccc(F)c(F)c2F)N1. The normalized spacial score (nSPS) is 20.2. The summed E-state index contributed by atoms with van der Waals surface area (Å²) in [6, 6.07) is 2.03. The number of nitrogens with zero attached hydrogens (tertiary/aromatic N) is 1. The van der Waals surface area contributed by atoms with Crippen LogP contribution >= 0.6 is 0 Å². The van der Waals surface area contributed by atoms with E-state index < -0.39 is 23.1 Å². The van der Waals surface area contributed by atoms with E-state index in [0.717, 1.165) is 30.7 Å². The van der Waals surface area contributed by atoms with Crippen LogP contribution in [0, 0.1) is 17.5 Å². The van der Waals surface area contributed by atoms with Gasteiger partial charge in [-0.15, -0.1) is 0 Å². The zero-order chi connectivity index (χ0) is 17.7. The molecule has 0 saturated carbocycles. The number of hydrogen-bond donors (Lipinski definition) is 3.